The van der Waals surface area contributed by atoms with Crippen molar-refractivity contribution in [3.05, 3.63) is 48.6 Å². The van der Waals surface area contributed by atoms with Crippen LogP contribution in [-0.4, -0.2) is 52.8 Å². The summed E-state index contributed by atoms with van der Waals surface area (Å²) < 4.78 is 0. The molecular formula is C25H40N2O5S. The third-order valence-electron chi connectivity index (χ3n) is 4.85. The topological polar surface area (TPSA) is 130 Å². The van der Waals surface area contributed by atoms with Gasteiger partial charge in [0.05, 0.1) is 12.6 Å². The van der Waals surface area contributed by atoms with Crippen molar-refractivity contribution in [2.75, 3.05) is 18.9 Å². The van der Waals surface area contributed by atoms with Crippen molar-refractivity contribution in [1.82, 2.24) is 5.32 Å². The van der Waals surface area contributed by atoms with E-state index in [9.17, 15) is 19.5 Å². The molecule has 0 aromatic heterocycles. The lowest BCUT2D eigenvalue weighted by atomic mass is 9.98. The lowest BCUT2D eigenvalue weighted by molar-refractivity contribution is -0.146. The molecule has 0 saturated heterocycles. The fraction of sp³-hybridized carbons (Fsp3) is 0.560. The number of carboxylic acid groups (broad SMARTS) is 1. The molecule has 0 radical (unpaired) electrons. The zero-order valence-electron chi connectivity index (χ0n) is 19.4. The number of carbonyl (C=O) groups excluding carboxylic acids is 2. The number of hydrogen-bond donors (Lipinski definition) is 5. The van der Waals surface area contributed by atoms with Gasteiger partial charge in [-0.25, -0.2) is 0 Å². The molecular weight excluding hydrogens is 440 g/mol. The van der Waals surface area contributed by atoms with Crippen LogP contribution in [-0.2, 0) is 14.4 Å². The van der Waals surface area contributed by atoms with Crippen LogP contribution in [0.4, 0.5) is 0 Å². The Balaban J connectivity index is 4.03. The first-order valence-corrected chi connectivity index (χ1v) is 12.2. The molecule has 7 nitrogen and oxygen atoms in total. The predicted molar refractivity (Wildman–Crippen MR) is 136 cm³/mol. The Morgan fingerprint density at radius 1 is 0.879 bits per heavy atom. The molecule has 0 aliphatic heterocycles. The summed E-state index contributed by atoms with van der Waals surface area (Å²) in [6.07, 6.45) is 23.8. The summed E-state index contributed by atoms with van der Waals surface area (Å²) in [5.74, 6) is -3.28. The number of allylic oxidation sites excluding steroid dienone is 8. The first kappa shape index (κ1) is 30.8. The van der Waals surface area contributed by atoms with Crippen LogP contribution in [0.15, 0.2) is 48.6 Å². The molecule has 33 heavy (non-hydrogen) atoms. The summed E-state index contributed by atoms with van der Waals surface area (Å²) >= 11 is 3.91. The largest absolute Gasteiger partial charge is 0.481 e. The van der Waals surface area contributed by atoms with E-state index in [1.165, 1.54) is 19.3 Å². The van der Waals surface area contributed by atoms with E-state index in [1.54, 1.807) is 0 Å². The first-order chi connectivity index (χ1) is 15.9. The molecule has 5 N–H and O–H groups in total. The fourth-order valence-corrected chi connectivity index (χ4v) is 3.02. The van der Waals surface area contributed by atoms with Crippen LogP contribution < -0.4 is 11.1 Å². The monoisotopic (exact) mass is 480 g/mol. The molecule has 0 rings (SSSR count). The maximum Gasteiger partial charge on any atom is 0.314 e. The van der Waals surface area contributed by atoms with E-state index in [1.807, 2.05) is 42.5 Å². The lowest BCUT2D eigenvalue weighted by Crippen LogP contribution is -2.45. The van der Waals surface area contributed by atoms with Crippen molar-refractivity contribution in [3.63, 3.8) is 0 Å². The van der Waals surface area contributed by atoms with Crippen LogP contribution in [0.2, 0.25) is 0 Å². The smallest absolute Gasteiger partial charge is 0.314 e. The second kappa shape index (κ2) is 21.7. The van der Waals surface area contributed by atoms with Gasteiger partial charge in [-0.2, -0.15) is 12.6 Å². The van der Waals surface area contributed by atoms with Crippen molar-refractivity contribution in [3.8, 4) is 0 Å². The first-order valence-electron chi connectivity index (χ1n) is 11.6. The minimum absolute atomic E-state index is 0.140. The van der Waals surface area contributed by atoms with Gasteiger partial charge < -0.3 is 21.3 Å². The lowest BCUT2D eigenvalue weighted by Gasteiger charge is -2.12. The van der Waals surface area contributed by atoms with E-state index < -0.39 is 29.6 Å². The van der Waals surface area contributed by atoms with Gasteiger partial charge in [0.15, 0.2) is 5.78 Å². The summed E-state index contributed by atoms with van der Waals surface area (Å²) in [4.78, 5) is 35.0. The standard InChI is InChI=1S/C25H40N2O5S/c26-22(20-33)24(30)27-19-23(29)21(25(31)32)17-15-13-11-9-7-5-3-1-2-4-6-8-10-12-14-16-18-28/h1-5,7,11,13,21-22,28,33H,6,8-10,12,14-20,26H2,(H,27,30)(H,31,32)/t21-,22-/m0/s1. The Hall–Kier alpha value is -2.16. The number of aliphatic carboxylic acids is 1. The van der Waals surface area contributed by atoms with Gasteiger partial charge in [0, 0.05) is 12.4 Å². The molecule has 0 bridgehead atoms. The van der Waals surface area contributed by atoms with Gasteiger partial charge in [0.1, 0.15) is 5.92 Å². The number of amides is 1. The summed E-state index contributed by atoms with van der Waals surface area (Å²) in [5.41, 5.74) is 5.50. The van der Waals surface area contributed by atoms with Crippen molar-refractivity contribution in [1.29, 1.82) is 0 Å². The average molecular weight is 481 g/mol. The number of rotatable bonds is 20. The number of nitrogens with two attached hydrogens (primary N) is 1. The number of nitrogens with one attached hydrogen (secondary N) is 1. The highest BCUT2D eigenvalue weighted by atomic mass is 32.1. The van der Waals surface area contributed by atoms with Gasteiger partial charge in [-0.15, -0.1) is 0 Å². The highest BCUT2D eigenvalue weighted by Gasteiger charge is 2.25. The van der Waals surface area contributed by atoms with Gasteiger partial charge in [0.25, 0.3) is 0 Å². The van der Waals surface area contributed by atoms with Crippen LogP contribution in [0, 0.1) is 5.92 Å². The van der Waals surface area contributed by atoms with E-state index in [2.05, 4.69) is 24.0 Å². The van der Waals surface area contributed by atoms with Gasteiger partial charge >= 0.3 is 5.97 Å². The molecule has 0 aromatic rings. The molecule has 0 saturated carbocycles. The van der Waals surface area contributed by atoms with E-state index >= 15 is 0 Å². The molecule has 0 spiro atoms. The Labute approximate surface area is 203 Å². The predicted octanol–water partition coefficient (Wildman–Crippen LogP) is 3.36. The van der Waals surface area contributed by atoms with Gasteiger partial charge in [-0.05, 0) is 38.5 Å². The zero-order valence-corrected chi connectivity index (χ0v) is 20.3. The Bertz CT molecular complexity index is 674. The molecule has 2 atom stereocenters. The molecule has 1 amide bonds. The van der Waals surface area contributed by atoms with Gasteiger partial charge in [-0.1, -0.05) is 67.9 Å². The van der Waals surface area contributed by atoms with E-state index in [4.69, 9.17) is 10.8 Å². The average Bonchev–Trinajstić information content (AvgIpc) is 2.80. The summed E-state index contributed by atoms with van der Waals surface area (Å²) in [7, 11) is 0. The van der Waals surface area contributed by atoms with Gasteiger partial charge in [-0.3, -0.25) is 14.4 Å². The van der Waals surface area contributed by atoms with E-state index in [-0.39, 0.29) is 25.3 Å². The highest BCUT2D eigenvalue weighted by molar-refractivity contribution is 7.80. The van der Waals surface area contributed by atoms with Crippen LogP contribution in [0.25, 0.3) is 0 Å². The third-order valence-corrected chi connectivity index (χ3v) is 5.25. The zero-order chi connectivity index (χ0) is 24.7. The molecule has 0 unspecified atom stereocenters. The number of hydrogen-bond acceptors (Lipinski definition) is 6. The van der Waals surface area contributed by atoms with Crippen molar-refractivity contribution < 1.29 is 24.6 Å². The number of thiol groups is 1. The molecule has 8 heteroatoms. The Morgan fingerprint density at radius 3 is 2.21 bits per heavy atom. The van der Waals surface area contributed by atoms with Gasteiger partial charge in [0.2, 0.25) is 5.91 Å². The number of aliphatic hydroxyl groups excluding tert-OH is 1. The molecule has 0 fully saturated rings. The minimum atomic E-state index is -1.19. The Kier molecular flexibility index (Phi) is 20.3. The summed E-state index contributed by atoms with van der Waals surface area (Å²) in [6, 6.07) is -0.829. The molecule has 0 heterocycles. The number of ketones is 1. The third kappa shape index (κ3) is 18.0. The van der Waals surface area contributed by atoms with E-state index in [0.717, 1.165) is 19.3 Å². The van der Waals surface area contributed by atoms with Crippen LogP contribution >= 0.6 is 12.6 Å². The SMILES string of the molecule is N[C@@H](CS)C(=O)NCC(=O)[C@H](CCC=CCC=CC=CC=CCCCCCCCO)C(=O)O. The molecule has 0 aliphatic rings. The van der Waals surface area contributed by atoms with Crippen LogP contribution in [0.5, 0.6) is 0 Å². The second-order valence-electron chi connectivity index (χ2n) is 7.67. The quantitative estimate of drug-likeness (QED) is 0.0597. The normalized spacial score (nSPS) is 13.9. The molecule has 0 aliphatic carbocycles. The van der Waals surface area contributed by atoms with Crippen molar-refractivity contribution >= 4 is 30.3 Å². The Morgan fingerprint density at radius 2 is 1.55 bits per heavy atom. The number of unbranched alkanes of at least 4 members (excludes halogenated alkanes) is 5. The van der Waals surface area contributed by atoms with Crippen LogP contribution in [0.3, 0.4) is 0 Å². The minimum Gasteiger partial charge on any atom is -0.481 e. The summed E-state index contributed by atoms with van der Waals surface area (Å²) in [5, 5.41) is 20.3. The maximum absolute atomic E-state index is 12.1. The van der Waals surface area contributed by atoms with Crippen molar-refractivity contribution in [2.45, 2.75) is 63.8 Å². The highest BCUT2D eigenvalue weighted by Crippen LogP contribution is 2.10. The number of aliphatic hydroxyl groups is 1. The molecule has 0 aromatic carbocycles. The van der Waals surface area contributed by atoms with Crippen molar-refractivity contribution in [2.24, 2.45) is 11.7 Å². The number of Topliss-reactive ketones (excluding diaryl/α,β-unsaturated/α-hetero) is 1. The molecule has 186 valence electrons. The fourth-order valence-electron chi connectivity index (χ4n) is 2.85. The second-order valence-corrected chi connectivity index (χ2v) is 8.03. The number of carboxylic acids is 1. The number of carbonyl (C=O) groups is 3. The van der Waals surface area contributed by atoms with E-state index in [0.29, 0.717) is 12.8 Å². The maximum atomic E-state index is 12.1. The van der Waals surface area contributed by atoms with Crippen LogP contribution in [0.1, 0.15) is 57.8 Å². The summed E-state index contributed by atoms with van der Waals surface area (Å²) in [6.45, 7) is -0.0645.